The summed E-state index contributed by atoms with van der Waals surface area (Å²) in [7, 11) is 1.26. The van der Waals surface area contributed by atoms with Crippen LogP contribution in [0, 0.1) is 10.1 Å². The minimum Gasteiger partial charge on any atom is -0.865 e. The molecule has 2 aromatic carbocycles. The van der Waals surface area contributed by atoms with Gasteiger partial charge in [-0.05, 0) is 29.7 Å². The number of thiocarbonyl (C=S) groups is 1. The molecule has 9 heteroatoms. The van der Waals surface area contributed by atoms with Crippen LogP contribution < -0.4 is 9.84 Å². The summed E-state index contributed by atoms with van der Waals surface area (Å²) < 4.78 is 5.35. The van der Waals surface area contributed by atoms with Crippen molar-refractivity contribution in [2.45, 2.75) is 6.42 Å². The maximum absolute atomic E-state index is 12.7. The van der Waals surface area contributed by atoms with E-state index in [1.807, 2.05) is 30.3 Å². The lowest BCUT2D eigenvalue weighted by Crippen LogP contribution is -2.30. The number of amides is 1. The quantitative estimate of drug-likeness (QED) is 0.309. The van der Waals surface area contributed by atoms with Gasteiger partial charge in [0.25, 0.3) is 11.6 Å². The third-order valence-electron chi connectivity index (χ3n) is 4.11. The van der Waals surface area contributed by atoms with Crippen molar-refractivity contribution in [2.24, 2.45) is 0 Å². The fourth-order valence-corrected chi connectivity index (χ4v) is 4.02. The van der Waals surface area contributed by atoms with E-state index in [-0.39, 0.29) is 11.7 Å². The number of hydrogen-bond acceptors (Lipinski definition) is 7. The highest BCUT2D eigenvalue weighted by atomic mass is 32.2. The smallest absolute Gasteiger partial charge is 0.266 e. The summed E-state index contributed by atoms with van der Waals surface area (Å²) in [5.74, 6) is -1.22. The SMILES string of the molecule is COc1cc(/C=C2/SC(=S)N(CCc3ccccc3)C2=O)cc([N+](=O)[O-])c1[O-]. The molecular weight excluding hydrogens is 400 g/mol. The number of carbonyl (C=O) groups excluding carboxylic acids is 1. The van der Waals surface area contributed by atoms with Crippen LogP contribution >= 0.6 is 24.0 Å². The Morgan fingerprint density at radius 1 is 1.29 bits per heavy atom. The molecule has 3 rings (SSSR count). The minimum atomic E-state index is -0.806. The predicted molar refractivity (Wildman–Crippen MR) is 109 cm³/mol. The van der Waals surface area contributed by atoms with Crippen molar-refractivity contribution in [3.8, 4) is 11.5 Å². The van der Waals surface area contributed by atoms with Gasteiger partial charge in [-0.2, -0.15) is 0 Å². The number of hydrogen-bond donors (Lipinski definition) is 0. The Hall–Kier alpha value is -2.91. The molecule has 0 bridgehead atoms. The lowest BCUT2D eigenvalue weighted by molar-refractivity contribution is -0.398. The number of ether oxygens (including phenoxy) is 1. The molecule has 1 aliphatic rings. The largest absolute Gasteiger partial charge is 0.865 e. The fourth-order valence-electron chi connectivity index (χ4n) is 2.71. The maximum atomic E-state index is 12.7. The molecule has 0 aliphatic carbocycles. The zero-order valence-electron chi connectivity index (χ0n) is 14.8. The fraction of sp³-hybridized carbons (Fsp3) is 0.158. The van der Waals surface area contributed by atoms with E-state index >= 15 is 0 Å². The molecule has 1 heterocycles. The molecule has 0 unspecified atom stereocenters. The Kier molecular flexibility index (Phi) is 5.96. The second-order valence-corrected chi connectivity index (χ2v) is 7.57. The summed E-state index contributed by atoms with van der Waals surface area (Å²) >= 11 is 6.43. The van der Waals surface area contributed by atoms with Crippen molar-refractivity contribution in [1.29, 1.82) is 0 Å². The number of methoxy groups -OCH3 is 1. The van der Waals surface area contributed by atoms with Gasteiger partial charge in [-0.15, -0.1) is 0 Å². The molecule has 0 N–H and O–H groups in total. The Morgan fingerprint density at radius 2 is 2.00 bits per heavy atom. The third kappa shape index (κ3) is 4.15. The average molecular weight is 415 g/mol. The van der Waals surface area contributed by atoms with E-state index < -0.39 is 16.4 Å². The van der Waals surface area contributed by atoms with Crippen molar-refractivity contribution in [2.75, 3.05) is 13.7 Å². The molecule has 1 saturated heterocycles. The molecule has 7 nitrogen and oxygen atoms in total. The highest BCUT2D eigenvalue weighted by Gasteiger charge is 2.31. The second kappa shape index (κ2) is 8.41. The van der Waals surface area contributed by atoms with Crippen LogP contribution in [-0.2, 0) is 11.2 Å². The first kappa shape index (κ1) is 19.8. The molecule has 1 amide bonds. The van der Waals surface area contributed by atoms with Crippen molar-refractivity contribution < 1.29 is 19.6 Å². The van der Waals surface area contributed by atoms with Crippen LogP contribution in [0.2, 0.25) is 0 Å². The molecule has 28 heavy (non-hydrogen) atoms. The minimum absolute atomic E-state index is 0.153. The Bertz CT molecular complexity index is 976. The molecule has 0 aromatic heterocycles. The van der Waals surface area contributed by atoms with Crippen molar-refractivity contribution in [3.05, 3.63) is 68.6 Å². The summed E-state index contributed by atoms with van der Waals surface area (Å²) in [6.07, 6.45) is 2.14. The van der Waals surface area contributed by atoms with Crippen molar-refractivity contribution in [3.63, 3.8) is 0 Å². The van der Waals surface area contributed by atoms with Crippen LogP contribution in [0.4, 0.5) is 5.69 Å². The summed E-state index contributed by atoms with van der Waals surface area (Å²) in [4.78, 5) is 24.9. The van der Waals surface area contributed by atoms with Crippen LogP contribution in [0.3, 0.4) is 0 Å². The number of benzene rings is 2. The van der Waals surface area contributed by atoms with Crippen molar-refractivity contribution >= 4 is 46.0 Å². The zero-order valence-corrected chi connectivity index (χ0v) is 16.4. The van der Waals surface area contributed by atoms with Crippen LogP contribution in [-0.4, -0.2) is 33.7 Å². The summed E-state index contributed by atoms with van der Waals surface area (Å²) in [6.45, 7) is 0.439. The molecule has 0 spiro atoms. The lowest BCUT2D eigenvalue weighted by Gasteiger charge is -2.14. The Morgan fingerprint density at radius 3 is 2.64 bits per heavy atom. The van der Waals surface area contributed by atoms with Gasteiger partial charge in [0.2, 0.25) is 0 Å². The number of nitrogens with zero attached hydrogens (tertiary/aromatic N) is 2. The van der Waals surface area contributed by atoms with E-state index in [1.165, 1.54) is 24.2 Å². The summed E-state index contributed by atoms with van der Waals surface area (Å²) in [5, 5.41) is 23.0. The molecular formula is C19H15N2O5S2-. The van der Waals surface area contributed by atoms with E-state index in [9.17, 15) is 20.0 Å². The van der Waals surface area contributed by atoms with Crippen LogP contribution in [0.25, 0.3) is 6.08 Å². The van der Waals surface area contributed by atoms with Gasteiger partial charge in [0.15, 0.2) is 0 Å². The molecule has 0 saturated carbocycles. The van der Waals surface area contributed by atoms with Gasteiger partial charge >= 0.3 is 0 Å². The highest BCUT2D eigenvalue weighted by molar-refractivity contribution is 8.26. The second-order valence-electron chi connectivity index (χ2n) is 5.90. The van der Waals surface area contributed by atoms with Gasteiger partial charge in [-0.25, -0.2) is 0 Å². The number of nitro groups is 1. The molecule has 2 aromatic rings. The van der Waals surface area contributed by atoms with E-state index in [2.05, 4.69) is 0 Å². The summed E-state index contributed by atoms with van der Waals surface area (Å²) in [5.41, 5.74) is 0.809. The van der Waals surface area contributed by atoms with E-state index in [0.29, 0.717) is 27.8 Å². The van der Waals surface area contributed by atoms with Crippen LogP contribution in [0.1, 0.15) is 11.1 Å². The van der Waals surface area contributed by atoms with Crippen molar-refractivity contribution in [1.82, 2.24) is 4.90 Å². The van der Waals surface area contributed by atoms with E-state index in [1.54, 1.807) is 0 Å². The standard InChI is InChI=1S/C19H16N2O5S2/c1-26-15-10-13(9-14(17(15)22)21(24)25)11-16-18(23)20(19(27)28-16)8-7-12-5-3-2-4-6-12/h2-6,9-11,22H,7-8H2,1H3/p-1/b16-11+. The molecule has 0 atom stereocenters. The Labute approximate surface area is 170 Å². The zero-order chi connectivity index (χ0) is 20.3. The third-order valence-corrected chi connectivity index (χ3v) is 5.49. The normalized spacial score (nSPS) is 15.3. The van der Waals surface area contributed by atoms with Gasteiger partial charge in [0.1, 0.15) is 10.1 Å². The molecule has 144 valence electrons. The van der Waals surface area contributed by atoms with E-state index in [0.717, 1.165) is 23.4 Å². The summed E-state index contributed by atoms with van der Waals surface area (Å²) in [6, 6.07) is 12.2. The first-order chi connectivity index (χ1) is 13.4. The monoisotopic (exact) mass is 415 g/mol. The predicted octanol–water partition coefficient (Wildman–Crippen LogP) is 3.12. The van der Waals surface area contributed by atoms with Gasteiger partial charge in [-0.1, -0.05) is 54.3 Å². The van der Waals surface area contributed by atoms with Crippen LogP contribution in [0.15, 0.2) is 47.4 Å². The Balaban J connectivity index is 1.83. The maximum Gasteiger partial charge on any atom is 0.266 e. The molecule has 1 aliphatic heterocycles. The first-order valence-corrected chi connectivity index (χ1v) is 9.46. The average Bonchev–Trinajstić information content (AvgIpc) is 2.94. The van der Waals surface area contributed by atoms with Gasteiger partial charge in [-0.3, -0.25) is 19.8 Å². The van der Waals surface area contributed by atoms with E-state index in [4.69, 9.17) is 17.0 Å². The lowest BCUT2D eigenvalue weighted by atomic mass is 10.1. The molecule has 1 fully saturated rings. The first-order valence-electron chi connectivity index (χ1n) is 8.23. The highest BCUT2D eigenvalue weighted by Crippen LogP contribution is 2.37. The number of rotatable bonds is 6. The van der Waals surface area contributed by atoms with Gasteiger partial charge in [0, 0.05) is 18.4 Å². The molecule has 0 radical (unpaired) electrons. The van der Waals surface area contributed by atoms with Gasteiger partial charge in [0.05, 0.1) is 16.9 Å². The number of thioether (sulfide) groups is 1. The topological polar surface area (TPSA) is 95.7 Å². The van der Waals surface area contributed by atoms with Gasteiger partial charge < -0.3 is 9.84 Å². The van der Waals surface area contributed by atoms with Crippen LogP contribution in [0.5, 0.6) is 11.5 Å². The number of carbonyl (C=O) groups is 1. The number of nitro benzene ring substituents is 1.